The number of amides is 1. The van der Waals surface area contributed by atoms with Crippen LogP contribution in [-0.4, -0.2) is 51.8 Å². The fourth-order valence-electron chi connectivity index (χ4n) is 3.49. The molecular weight excluding hydrogens is 404 g/mol. The largest absolute Gasteiger partial charge is 0.497 e. The average molecular weight is 433 g/mol. The van der Waals surface area contributed by atoms with E-state index in [1.54, 1.807) is 37.1 Å². The van der Waals surface area contributed by atoms with Crippen molar-refractivity contribution >= 4 is 21.6 Å². The maximum Gasteiger partial charge on any atom is 0.254 e. The van der Waals surface area contributed by atoms with Gasteiger partial charge in [-0.15, -0.1) is 0 Å². The Morgan fingerprint density at radius 2 is 2.07 bits per heavy atom. The van der Waals surface area contributed by atoms with E-state index in [-0.39, 0.29) is 12.0 Å². The zero-order valence-electron chi connectivity index (χ0n) is 17.6. The van der Waals surface area contributed by atoms with Crippen LogP contribution in [0.2, 0.25) is 0 Å². The summed E-state index contributed by atoms with van der Waals surface area (Å²) >= 11 is 0. The summed E-state index contributed by atoms with van der Waals surface area (Å²) in [6.45, 7) is 3.37. The van der Waals surface area contributed by atoms with Crippen molar-refractivity contribution in [2.24, 2.45) is 0 Å². The number of nitrogens with one attached hydrogen (secondary N) is 1. The van der Waals surface area contributed by atoms with E-state index in [0.29, 0.717) is 30.9 Å². The van der Waals surface area contributed by atoms with Gasteiger partial charge in [-0.3, -0.25) is 9.52 Å². The van der Waals surface area contributed by atoms with Crippen LogP contribution in [0.4, 0.5) is 5.69 Å². The molecule has 1 saturated heterocycles. The zero-order valence-corrected chi connectivity index (χ0v) is 18.4. The molecule has 0 spiro atoms. The predicted octanol–water partition coefficient (Wildman–Crippen LogP) is 3.20. The van der Waals surface area contributed by atoms with Crippen LogP contribution in [-0.2, 0) is 21.3 Å². The molecule has 162 valence electrons. The number of anilines is 1. The van der Waals surface area contributed by atoms with Crippen LogP contribution in [0, 0.1) is 6.92 Å². The van der Waals surface area contributed by atoms with Gasteiger partial charge in [-0.1, -0.05) is 18.2 Å². The van der Waals surface area contributed by atoms with Gasteiger partial charge in [-0.05, 0) is 55.2 Å². The van der Waals surface area contributed by atoms with Gasteiger partial charge in [0.15, 0.2) is 0 Å². The first kappa shape index (κ1) is 22.1. The minimum atomic E-state index is -3.45. The van der Waals surface area contributed by atoms with Crippen molar-refractivity contribution in [3.63, 3.8) is 0 Å². The fraction of sp³-hybridized carbons (Fsp3) is 0.409. The molecule has 1 unspecified atom stereocenters. The van der Waals surface area contributed by atoms with Crippen molar-refractivity contribution in [3.05, 3.63) is 59.2 Å². The van der Waals surface area contributed by atoms with E-state index in [1.807, 2.05) is 24.3 Å². The number of nitrogens with zero attached hydrogens (tertiary/aromatic N) is 1. The van der Waals surface area contributed by atoms with E-state index in [9.17, 15) is 13.2 Å². The van der Waals surface area contributed by atoms with Crippen LogP contribution in [0.5, 0.6) is 5.75 Å². The summed E-state index contributed by atoms with van der Waals surface area (Å²) in [5, 5.41) is 0. The Balaban J connectivity index is 1.88. The Kier molecular flexibility index (Phi) is 6.99. The molecule has 1 atom stereocenters. The Hall–Kier alpha value is -2.58. The monoisotopic (exact) mass is 432 g/mol. The van der Waals surface area contributed by atoms with Gasteiger partial charge in [0.2, 0.25) is 10.0 Å². The van der Waals surface area contributed by atoms with Crippen LogP contribution in [0.25, 0.3) is 0 Å². The van der Waals surface area contributed by atoms with E-state index >= 15 is 0 Å². The topological polar surface area (TPSA) is 84.9 Å². The molecule has 0 aliphatic carbocycles. The second kappa shape index (κ2) is 9.49. The van der Waals surface area contributed by atoms with Gasteiger partial charge in [0.05, 0.1) is 25.2 Å². The Morgan fingerprint density at radius 1 is 1.27 bits per heavy atom. The van der Waals surface area contributed by atoms with E-state index in [1.165, 1.54) is 0 Å². The number of methoxy groups -OCH3 is 1. The van der Waals surface area contributed by atoms with Gasteiger partial charge >= 0.3 is 0 Å². The van der Waals surface area contributed by atoms with Gasteiger partial charge in [0.25, 0.3) is 5.91 Å². The molecule has 7 nitrogen and oxygen atoms in total. The first-order valence-corrected chi connectivity index (χ1v) is 11.8. The van der Waals surface area contributed by atoms with Gasteiger partial charge < -0.3 is 14.4 Å². The summed E-state index contributed by atoms with van der Waals surface area (Å²) in [5.41, 5.74) is 2.52. The van der Waals surface area contributed by atoms with Crippen LogP contribution in [0.1, 0.15) is 34.3 Å². The maximum absolute atomic E-state index is 13.4. The lowest BCUT2D eigenvalue weighted by molar-refractivity contribution is 0.0507. The number of aryl methyl sites for hydroxylation is 1. The molecule has 1 N–H and O–H groups in total. The summed E-state index contributed by atoms with van der Waals surface area (Å²) in [6.07, 6.45) is 2.99. The summed E-state index contributed by atoms with van der Waals surface area (Å²) in [5.74, 6) is 0.553. The van der Waals surface area contributed by atoms with Gasteiger partial charge in [0, 0.05) is 25.3 Å². The highest BCUT2D eigenvalue weighted by atomic mass is 32.2. The quantitative estimate of drug-likeness (QED) is 0.692. The van der Waals surface area contributed by atoms with E-state index in [0.717, 1.165) is 36.0 Å². The minimum absolute atomic E-state index is 0.00128. The number of hydrogen-bond donors (Lipinski definition) is 1. The highest BCUT2D eigenvalue weighted by Gasteiger charge is 2.24. The highest BCUT2D eigenvalue weighted by Crippen LogP contribution is 2.22. The molecule has 30 heavy (non-hydrogen) atoms. The van der Waals surface area contributed by atoms with E-state index < -0.39 is 10.0 Å². The highest BCUT2D eigenvalue weighted by molar-refractivity contribution is 7.92. The molecule has 1 fully saturated rings. The first-order valence-electron chi connectivity index (χ1n) is 9.87. The number of ether oxygens (including phenoxy) is 2. The van der Waals surface area contributed by atoms with Crippen molar-refractivity contribution in [2.75, 3.05) is 31.2 Å². The van der Waals surface area contributed by atoms with Crippen molar-refractivity contribution in [1.82, 2.24) is 4.90 Å². The Bertz CT molecular complexity index is 1000. The van der Waals surface area contributed by atoms with Crippen molar-refractivity contribution in [1.29, 1.82) is 0 Å². The number of carbonyl (C=O) groups is 1. The normalized spacial score (nSPS) is 16.3. The van der Waals surface area contributed by atoms with Crippen molar-refractivity contribution < 1.29 is 22.7 Å². The number of carbonyl (C=O) groups excluding carboxylic acids is 1. The average Bonchev–Trinajstić information content (AvgIpc) is 3.21. The SMILES string of the molecule is COc1cccc(CN(CC2CCCO2)C(=O)c2ccc(C)c(NS(C)(=O)=O)c2)c1. The third-order valence-electron chi connectivity index (χ3n) is 5.02. The van der Waals surface area contributed by atoms with Gasteiger partial charge in [0.1, 0.15) is 5.75 Å². The summed E-state index contributed by atoms with van der Waals surface area (Å²) in [7, 11) is -1.84. The zero-order chi connectivity index (χ0) is 21.7. The predicted molar refractivity (Wildman–Crippen MR) is 116 cm³/mol. The second-order valence-corrected chi connectivity index (χ2v) is 9.32. The van der Waals surface area contributed by atoms with Crippen LogP contribution < -0.4 is 9.46 Å². The lowest BCUT2D eigenvalue weighted by Gasteiger charge is -2.26. The van der Waals surface area contributed by atoms with Crippen molar-refractivity contribution in [3.8, 4) is 5.75 Å². The lowest BCUT2D eigenvalue weighted by Crippen LogP contribution is -2.37. The molecule has 1 aliphatic heterocycles. The van der Waals surface area contributed by atoms with Crippen LogP contribution in [0.3, 0.4) is 0 Å². The number of rotatable bonds is 8. The molecule has 0 saturated carbocycles. The first-order chi connectivity index (χ1) is 14.2. The number of benzene rings is 2. The second-order valence-electron chi connectivity index (χ2n) is 7.58. The van der Waals surface area contributed by atoms with Crippen LogP contribution >= 0.6 is 0 Å². The fourth-order valence-corrected chi connectivity index (χ4v) is 4.11. The third-order valence-corrected chi connectivity index (χ3v) is 5.61. The molecule has 1 aliphatic rings. The van der Waals surface area contributed by atoms with Crippen LogP contribution in [0.15, 0.2) is 42.5 Å². The smallest absolute Gasteiger partial charge is 0.254 e. The van der Waals surface area contributed by atoms with Gasteiger partial charge in [-0.2, -0.15) is 0 Å². The molecule has 1 amide bonds. The van der Waals surface area contributed by atoms with E-state index in [4.69, 9.17) is 9.47 Å². The van der Waals surface area contributed by atoms with Gasteiger partial charge in [-0.25, -0.2) is 8.42 Å². The van der Waals surface area contributed by atoms with E-state index in [2.05, 4.69) is 4.72 Å². The maximum atomic E-state index is 13.4. The Morgan fingerprint density at radius 3 is 2.73 bits per heavy atom. The summed E-state index contributed by atoms with van der Waals surface area (Å²) in [4.78, 5) is 15.1. The minimum Gasteiger partial charge on any atom is -0.497 e. The van der Waals surface area contributed by atoms with Crippen molar-refractivity contribution in [2.45, 2.75) is 32.4 Å². The summed E-state index contributed by atoms with van der Waals surface area (Å²) < 4.78 is 36.9. The molecular formula is C22H28N2O5S. The molecule has 2 aromatic carbocycles. The Labute approximate surface area is 178 Å². The molecule has 0 bridgehead atoms. The number of sulfonamides is 1. The lowest BCUT2D eigenvalue weighted by atomic mass is 10.1. The summed E-state index contributed by atoms with van der Waals surface area (Å²) in [6, 6.07) is 12.7. The molecule has 1 heterocycles. The molecule has 3 rings (SSSR count). The molecule has 8 heteroatoms. The molecule has 2 aromatic rings. The molecule has 0 radical (unpaired) electrons. The standard InChI is InChI=1S/C22H28N2O5S/c1-16-9-10-18(13-21(16)23-30(3,26)27)22(25)24(15-20-8-5-11-29-20)14-17-6-4-7-19(12-17)28-2/h4,6-7,9-10,12-13,20,23H,5,8,11,14-15H2,1-3H3. The third kappa shape index (κ3) is 5.96. The molecule has 0 aromatic heterocycles. The number of hydrogen-bond acceptors (Lipinski definition) is 5.